The molecule has 3 N–H and O–H groups in total. The van der Waals surface area contributed by atoms with E-state index < -0.39 is 5.60 Å². The molecule has 0 amide bonds. The summed E-state index contributed by atoms with van der Waals surface area (Å²) in [6, 6.07) is 5.66. The molecule has 0 saturated carbocycles. The summed E-state index contributed by atoms with van der Waals surface area (Å²) < 4.78 is 5.03. The van der Waals surface area contributed by atoms with Gasteiger partial charge in [0.15, 0.2) is 0 Å². The molecule has 3 nitrogen and oxygen atoms in total. The number of ether oxygens (including phenoxy) is 1. The lowest BCUT2D eigenvalue weighted by atomic mass is 9.97. The molecule has 2 rings (SSSR count). The normalized spacial score (nSPS) is 25.0. The number of hydrogen-bond acceptors (Lipinski definition) is 3. The van der Waals surface area contributed by atoms with Crippen molar-refractivity contribution in [3.8, 4) is 0 Å². The van der Waals surface area contributed by atoms with Gasteiger partial charge < -0.3 is 15.6 Å². The number of hydrogen-bond donors (Lipinski definition) is 2. The van der Waals surface area contributed by atoms with Crippen molar-refractivity contribution in [3.63, 3.8) is 0 Å². The van der Waals surface area contributed by atoms with E-state index in [1.165, 1.54) is 0 Å². The number of aliphatic hydroxyl groups is 1. The molecule has 1 aliphatic rings. The summed E-state index contributed by atoms with van der Waals surface area (Å²) in [6.07, 6.45) is 1.60. The van der Waals surface area contributed by atoms with Gasteiger partial charge in [-0.2, -0.15) is 0 Å². The highest BCUT2D eigenvalue weighted by Crippen LogP contribution is 2.37. The van der Waals surface area contributed by atoms with Gasteiger partial charge in [0.1, 0.15) is 5.60 Å². The summed E-state index contributed by atoms with van der Waals surface area (Å²) in [4.78, 5) is 0. The van der Waals surface area contributed by atoms with Crippen molar-refractivity contribution in [3.05, 3.63) is 29.3 Å². The Hall–Kier alpha value is -1.06. The van der Waals surface area contributed by atoms with Gasteiger partial charge in [-0.05, 0) is 36.1 Å². The van der Waals surface area contributed by atoms with E-state index in [9.17, 15) is 5.11 Å². The van der Waals surface area contributed by atoms with E-state index in [2.05, 4.69) is 0 Å². The van der Waals surface area contributed by atoms with Gasteiger partial charge in [-0.1, -0.05) is 6.07 Å². The first-order valence-electron chi connectivity index (χ1n) is 4.76. The predicted octanol–water partition coefficient (Wildman–Crippen LogP) is 1.05. The van der Waals surface area contributed by atoms with Crippen molar-refractivity contribution < 1.29 is 9.84 Å². The largest absolute Gasteiger partial charge is 0.399 e. The van der Waals surface area contributed by atoms with Crippen LogP contribution in [0.15, 0.2) is 18.2 Å². The highest BCUT2D eigenvalue weighted by atomic mass is 16.5. The Kier molecular flexibility index (Phi) is 2.21. The summed E-state index contributed by atoms with van der Waals surface area (Å²) in [7, 11) is 1.60. The van der Waals surface area contributed by atoms with Gasteiger partial charge >= 0.3 is 0 Å². The number of benzene rings is 1. The summed E-state index contributed by atoms with van der Waals surface area (Å²) >= 11 is 0. The monoisotopic (exact) mass is 193 g/mol. The summed E-state index contributed by atoms with van der Waals surface area (Å²) in [5.74, 6) is 0. The lowest BCUT2D eigenvalue weighted by Gasteiger charge is -2.22. The Morgan fingerprint density at radius 1 is 1.57 bits per heavy atom. The maximum Gasteiger partial charge on any atom is 0.113 e. The molecule has 1 aliphatic carbocycles. The molecule has 1 unspecified atom stereocenters. The Morgan fingerprint density at radius 3 is 3.07 bits per heavy atom. The van der Waals surface area contributed by atoms with E-state index in [0.29, 0.717) is 6.61 Å². The molecule has 1 atom stereocenters. The van der Waals surface area contributed by atoms with Crippen LogP contribution in [-0.4, -0.2) is 18.8 Å². The molecule has 1 aromatic rings. The first-order valence-corrected chi connectivity index (χ1v) is 4.76. The topological polar surface area (TPSA) is 55.5 Å². The minimum atomic E-state index is -0.808. The van der Waals surface area contributed by atoms with Crippen molar-refractivity contribution in [1.82, 2.24) is 0 Å². The van der Waals surface area contributed by atoms with E-state index in [0.717, 1.165) is 29.7 Å². The number of nitrogens with two attached hydrogens (primary N) is 1. The molecule has 14 heavy (non-hydrogen) atoms. The average Bonchev–Trinajstić information content (AvgIpc) is 2.44. The van der Waals surface area contributed by atoms with Crippen LogP contribution >= 0.6 is 0 Å². The number of rotatable bonds is 2. The first kappa shape index (κ1) is 9.49. The van der Waals surface area contributed by atoms with Crippen molar-refractivity contribution in [2.45, 2.75) is 18.4 Å². The molecule has 1 aromatic carbocycles. The van der Waals surface area contributed by atoms with Gasteiger partial charge in [0.2, 0.25) is 0 Å². The van der Waals surface area contributed by atoms with Gasteiger partial charge in [-0.25, -0.2) is 0 Å². The number of fused-ring (bicyclic) bond motifs is 1. The Labute approximate surface area is 83.5 Å². The fourth-order valence-electron chi connectivity index (χ4n) is 2.14. The molecule has 0 radical (unpaired) electrons. The second-order valence-electron chi connectivity index (χ2n) is 3.88. The van der Waals surface area contributed by atoms with Crippen LogP contribution in [0.3, 0.4) is 0 Å². The standard InChI is InChI=1S/C11H15NO2/c1-14-7-11(13)5-4-8-6-9(12)2-3-10(8)11/h2-3,6,13H,4-5,7,12H2,1H3. The number of anilines is 1. The Morgan fingerprint density at radius 2 is 2.36 bits per heavy atom. The van der Waals surface area contributed by atoms with Crippen molar-refractivity contribution in [2.24, 2.45) is 0 Å². The molecule has 0 aliphatic heterocycles. The highest BCUT2D eigenvalue weighted by molar-refractivity contribution is 5.48. The second-order valence-corrected chi connectivity index (χ2v) is 3.88. The fraction of sp³-hybridized carbons (Fsp3) is 0.455. The molecule has 0 fully saturated rings. The molecule has 0 aromatic heterocycles. The quantitative estimate of drug-likeness (QED) is 0.690. The van der Waals surface area contributed by atoms with E-state index >= 15 is 0 Å². The number of nitrogen functional groups attached to an aromatic ring is 1. The lowest BCUT2D eigenvalue weighted by Crippen LogP contribution is -2.28. The minimum absolute atomic E-state index is 0.351. The molecule has 0 bridgehead atoms. The van der Waals surface area contributed by atoms with Crippen LogP contribution in [0, 0.1) is 0 Å². The van der Waals surface area contributed by atoms with E-state index in [4.69, 9.17) is 10.5 Å². The zero-order chi connectivity index (χ0) is 10.2. The Bertz CT molecular complexity index is 351. The van der Waals surface area contributed by atoms with Gasteiger partial charge in [0, 0.05) is 12.8 Å². The van der Waals surface area contributed by atoms with Crippen molar-refractivity contribution in [1.29, 1.82) is 0 Å². The maximum absolute atomic E-state index is 10.3. The summed E-state index contributed by atoms with van der Waals surface area (Å²) in [5.41, 5.74) is 7.74. The molecule has 3 heteroatoms. The molecule has 0 saturated heterocycles. The molecule has 0 heterocycles. The van der Waals surface area contributed by atoms with Crippen LogP contribution in [0.25, 0.3) is 0 Å². The first-order chi connectivity index (χ1) is 6.65. The summed E-state index contributed by atoms with van der Waals surface area (Å²) in [5, 5.41) is 10.3. The molecular weight excluding hydrogens is 178 g/mol. The van der Waals surface area contributed by atoms with Crippen LogP contribution in [-0.2, 0) is 16.8 Å². The zero-order valence-corrected chi connectivity index (χ0v) is 8.29. The SMILES string of the molecule is COCC1(O)CCc2cc(N)ccc21. The zero-order valence-electron chi connectivity index (χ0n) is 8.29. The predicted molar refractivity (Wildman–Crippen MR) is 54.9 cm³/mol. The fourth-order valence-corrected chi connectivity index (χ4v) is 2.14. The lowest BCUT2D eigenvalue weighted by molar-refractivity contribution is -0.0340. The number of methoxy groups -OCH3 is 1. The number of aryl methyl sites for hydroxylation is 1. The third kappa shape index (κ3) is 1.38. The van der Waals surface area contributed by atoms with Crippen LogP contribution < -0.4 is 5.73 Å². The molecule has 76 valence electrons. The van der Waals surface area contributed by atoms with Crippen molar-refractivity contribution >= 4 is 5.69 Å². The smallest absolute Gasteiger partial charge is 0.113 e. The third-order valence-electron chi connectivity index (χ3n) is 2.82. The van der Waals surface area contributed by atoms with Gasteiger partial charge in [-0.3, -0.25) is 0 Å². The summed E-state index contributed by atoms with van der Waals surface area (Å²) in [6.45, 7) is 0.351. The van der Waals surface area contributed by atoms with Crippen LogP contribution in [0.5, 0.6) is 0 Å². The van der Waals surface area contributed by atoms with Gasteiger partial charge in [0.25, 0.3) is 0 Å². The third-order valence-corrected chi connectivity index (χ3v) is 2.82. The van der Waals surface area contributed by atoms with Crippen LogP contribution in [0.2, 0.25) is 0 Å². The van der Waals surface area contributed by atoms with Gasteiger partial charge in [0.05, 0.1) is 6.61 Å². The van der Waals surface area contributed by atoms with Crippen LogP contribution in [0.1, 0.15) is 17.5 Å². The molecular formula is C11H15NO2. The van der Waals surface area contributed by atoms with Crippen LogP contribution in [0.4, 0.5) is 5.69 Å². The average molecular weight is 193 g/mol. The highest BCUT2D eigenvalue weighted by Gasteiger charge is 2.36. The second kappa shape index (κ2) is 3.26. The minimum Gasteiger partial charge on any atom is -0.399 e. The van der Waals surface area contributed by atoms with Crippen molar-refractivity contribution in [2.75, 3.05) is 19.5 Å². The van der Waals surface area contributed by atoms with E-state index in [1.807, 2.05) is 18.2 Å². The van der Waals surface area contributed by atoms with E-state index in [-0.39, 0.29) is 0 Å². The van der Waals surface area contributed by atoms with Gasteiger partial charge in [-0.15, -0.1) is 0 Å². The Balaban J connectivity index is 2.39. The maximum atomic E-state index is 10.3. The van der Waals surface area contributed by atoms with E-state index in [1.54, 1.807) is 7.11 Å². The molecule has 0 spiro atoms.